The van der Waals surface area contributed by atoms with E-state index in [0.29, 0.717) is 30.0 Å². The number of amides is 3. The molecule has 2 rings (SSSR count). The van der Waals surface area contributed by atoms with Crippen LogP contribution in [0.25, 0.3) is 0 Å². The van der Waals surface area contributed by atoms with Crippen LogP contribution in [0.5, 0.6) is 5.75 Å². The Labute approximate surface area is 231 Å². The first-order valence-corrected chi connectivity index (χ1v) is 13.5. The molecule has 2 atom stereocenters. The predicted molar refractivity (Wildman–Crippen MR) is 154 cm³/mol. The van der Waals surface area contributed by atoms with Gasteiger partial charge < -0.3 is 25.0 Å². The largest absolute Gasteiger partial charge is 0.497 e. The number of rotatable bonds is 12. The van der Waals surface area contributed by atoms with Gasteiger partial charge in [-0.15, -0.1) is 0 Å². The molecule has 208 valence electrons. The van der Waals surface area contributed by atoms with Crippen molar-refractivity contribution < 1.29 is 23.9 Å². The molecule has 2 aromatic rings. The number of nitrogens with one attached hydrogen (secondary N) is 2. The summed E-state index contributed by atoms with van der Waals surface area (Å²) in [6, 6.07) is 12.6. The fraction of sp³-hybridized carbons (Fsp3) is 0.483. The van der Waals surface area contributed by atoms with Gasteiger partial charge in [-0.05, 0) is 63.9 Å². The first kappa shape index (κ1) is 31.0. The van der Waals surface area contributed by atoms with Crippen molar-refractivity contribution >= 4 is 36.2 Å². The number of carbonyl (C=O) groups is 3. The number of aryl methyl sites for hydroxylation is 1. The summed E-state index contributed by atoms with van der Waals surface area (Å²) in [5.74, 6) is -0.0564. The van der Waals surface area contributed by atoms with Crippen molar-refractivity contribution in [3.8, 4) is 5.75 Å². The van der Waals surface area contributed by atoms with E-state index in [-0.39, 0.29) is 11.7 Å². The molecule has 0 heterocycles. The lowest BCUT2D eigenvalue weighted by Gasteiger charge is -2.34. The number of hydrogen-bond acceptors (Lipinski definition) is 6. The second-order valence-corrected chi connectivity index (χ2v) is 10.5. The van der Waals surface area contributed by atoms with Gasteiger partial charge in [0.05, 0.1) is 7.11 Å². The lowest BCUT2D eigenvalue weighted by Crippen LogP contribution is -2.53. The average Bonchev–Trinajstić information content (AvgIpc) is 2.86. The summed E-state index contributed by atoms with van der Waals surface area (Å²) >= 11 is 4.33. The van der Waals surface area contributed by atoms with Crippen LogP contribution in [0.4, 0.5) is 10.5 Å². The van der Waals surface area contributed by atoms with Gasteiger partial charge in [0, 0.05) is 18.0 Å². The molecule has 0 radical (unpaired) electrons. The average molecular weight is 544 g/mol. The van der Waals surface area contributed by atoms with Crippen LogP contribution in [0, 0.1) is 6.92 Å². The Bertz CT molecular complexity index is 1050. The summed E-state index contributed by atoms with van der Waals surface area (Å²) in [6.07, 6.45) is 1.82. The van der Waals surface area contributed by atoms with Gasteiger partial charge in [0.2, 0.25) is 5.91 Å². The molecule has 8 nitrogen and oxygen atoms in total. The van der Waals surface area contributed by atoms with E-state index in [0.717, 1.165) is 18.4 Å². The van der Waals surface area contributed by atoms with Gasteiger partial charge in [0.15, 0.2) is 0 Å². The minimum absolute atomic E-state index is 0.0447. The van der Waals surface area contributed by atoms with E-state index in [2.05, 4.69) is 30.2 Å². The summed E-state index contributed by atoms with van der Waals surface area (Å²) in [4.78, 5) is 41.7. The molecule has 0 aliphatic heterocycles. The molecule has 0 spiro atoms. The van der Waals surface area contributed by atoms with Crippen LogP contribution in [0.2, 0.25) is 0 Å². The molecule has 0 saturated heterocycles. The summed E-state index contributed by atoms with van der Waals surface area (Å²) in [7, 11) is 1.57. The standard InChI is InChI=1S/C29H41N3O5S/c1-7-8-9-18-32(27(34)24(19-38)31-28(35)37-29(3,4)5)25(21-12-10-20(2)11-13-21)26(33)30-22-14-16-23(36-6)17-15-22/h10-17,24-25,38H,7-9,18-19H2,1-6H3,(H,30,33)(H,31,35). The van der Waals surface area contributed by atoms with Crippen LogP contribution < -0.4 is 15.4 Å². The Balaban J connectivity index is 2.44. The Morgan fingerprint density at radius 3 is 2.16 bits per heavy atom. The molecule has 2 aromatic carbocycles. The molecular weight excluding hydrogens is 502 g/mol. The maximum absolute atomic E-state index is 13.9. The number of nitrogens with zero attached hydrogens (tertiary/aromatic N) is 1. The molecular formula is C29H41N3O5S. The fourth-order valence-electron chi connectivity index (χ4n) is 3.84. The van der Waals surface area contributed by atoms with Gasteiger partial charge in [-0.1, -0.05) is 49.6 Å². The zero-order valence-corrected chi connectivity index (χ0v) is 24.1. The Hall–Kier alpha value is -3.20. The van der Waals surface area contributed by atoms with E-state index >= 15 is 0 Å². The van der Waals surface area contributed by atoms with Crippen molar-refractivity contribution in [3.63, 3.8) is 0 Å². The van der Waals surface area contributed by atoms with E-state index in [1.165, 1.54) is 4.90 Å². The molecule has 9 heteroatoms. The van der Waals surface area contributed by atoms with Gasteiger partial charge in [0.1, 0.15) is 23.4 Å². The van der Waals surface area contributed by atoms with Crippen molar-refractivity contribution in [2.24, 2.45) is 0 Å². The number of carbonyl (C=O) groups excluding carboxylic acids is 3. The summed E-state index contributed by atoms with van der Waals surface area (Å²) < 4.78 is 10.6. The van der Waals surface area contributed by atoms with Gasteiger partial charge in [-0.25, -0.2) is 4.79 Å². The number of anilines is 1. The van der Waals surface area contributed by atoms with E-state index < -0.39 is 29.7 Å². The molecule has 0 aliphatic carbocycles. The smallest absolute Gasteiger partial charge is 0.408 e. The van der Waals surface area contributed by atoms with E-state index in [4.69, 9.17) is 9.47 Å². The second kappa shape index (κ2) is 14.7. The first-order valence-electron chi connectivity index (χ1n) is 12.9. The quantitative estimate of drug-likeness (QED) is 0.242. The maximum Gasteiger partial charge on any atom is 0.408 e. The van der Waals surface area contributed by atoms with Crippen LogP contribution >= 0.6 is 12.6 Å². The van der Waals surface area contributed by atoms with Crippen molar-refractivity contribution in [1.82, 2.24) is 10.2 Å². The number of ether oxygens (including phenoxy) is 2. The molecule has 2 unspecified atom stereocenters. The molecule has 0 saturated carbocycles. The third-order valence-electron chi connectivity index (χ3n) is 5.77. The number of benzene rings is 2. The molecule has 2 N–H and O–H groups in total. The summed E-state index contributed by atoms with van der Waals surface area (Å²) in [5, 5.41) is 5.58. The molecule has 3 amide bonds. The Morgan fingerprint density at radius 2 is 1.63 bits per heavy atom. The zero-order valence-electron chi connectivity index (χ0n) is 23.2. The normalized spacial score (nSPS) is 12.7. The lowest BCUT2D eigenvalue weighted by atomic mass is 10.0. The highest BCUT2D eigenvalue weighted by molar-refractivity contribution is 7.80. The van der Waals surface area contributed by atoms with Gasteiger partial charge in [-0.2, -0.15) is 12.6 Å². The molecule has 0 bridgehead atoms. The number of unbranched alkanes of at least 4 members (excludes halogenated alkanes) is 2. The van der Waals surface area contributed by atoms with Crippen LogP contribution in [0.15, 0.2) is 48.5 Å². The SMILES string of the molecule is CCCCCN(C(=O)C(CS)NC(=O)OC(C)(C)C)C(C(=O)Nc1ccc(OC)cc1)c1ccc(C)cc1. The van der Waals surface area contributed by atoms with E-state index in [1.54, 1.807) is 52.1 Å². The van der Waals surface area contributed by atoms with Crippen LogP contribution in [0.3, 0.4) is 0 Å². The molecule has 0 aliphatic rings. The van der Waals surface area contributed by atoms with Gasteiger partial charge in [-0.3, -0.25) is 9.59 Å². The van der Waals surface area contributed by atoms with Crippen LogP contribution in [0.1, 0.15) is 64.1 Å². The van der Waals surface area contributed by atoms with Gasteiger partial charge >= 0.3 is 6.09 Å². The third-order valence-corrected chi connectivity index (χ3v) is 6.13. The highest BCUT2D eigenvalue weighted by Crippen LogP contribution is 2.26. The fourth-order valence-corrected chi connectivity index (χ4v) is 4.09. The molecule has 0 fully saturated rings. The van der Waals surface area contributed by atoms with Crippen molar-refractivity contribution in [2.75, 3.05) is 24.7 Å². The molecule has 38 heavy (non-hydrogen) atoms. The zero-order chi connectivity index (χ0) is 28.3. The van der Waals surface area contributed by atoms with Crippen molar-refractivity contribution in [2.45, 2.75) is 71.6 Å². The number of methoxy groups -OCH3 is 1. The maximum atomic E-state index is 13.9. The van der Waals surface area contributed by atoms with Crippen molar-refractivity contribution in [3.05, 3.63) is 59.7 Å². The number of thiol groups is 1. The van der Waals surface area contributed by atoms with Crippen molar-refractivity contribution in [1.29, 1.82) is 0 Å². The van der Waals surface area contributed by atoms with E-state index in [9.17, 15) is 14.4 Å². The highest BCUT2D eigenvalue weighted by atomic mass is 32.1. The van der Waals surface area contributed by atoms with E-state index in [1.807, 2.05) is 31.2 Å². The predicted octanol–water partition coefficient (Wildman–Crippen LogP) is 5.53. The molecule has 0 aromatic heterocycles. The topological polar surface area (TPSA) is 97.0 Å². The Morgan fingerprint density at radius 1 is 1.00 bits per heavy atom. The first-order chi connectivity index (χ1) is 18.0. The Kier molecular flexibility index (Phi) is 12.0. The van der Waals surface area contributed by atoms with Gasteiger partial charge in [0.25, 0.3) is 5.91 Å². The van der Waals surface area contributed by atoms with Crippen LogP contribution in [-0.2, 0) is 14.3 Å². The second-order valence-electron chi connectivity index (χ2n) is 10.2. The minimum Gasteiger partial charge on any atom is -0.497 e. The third kappa shape index (κ3) is 9.59. The summed E-state index contributed by atoms with van der Waals surface area (Å²) in [5.41, 5.74) is 1.55. The minimum atomic E-state index is -0.975. The van der Waals surface area contributed by atoms with Crippen LogP contribution in [-0.4, -0.2) is 53.9 Å². The summed E-state index contributed by atoms with van der Waals surface area (Å²) in [6.45, 7) is 9.61. The number of hydrogen-bond donors (Lipinski definition) is 3. The monoisotopic (exact) mass is 543 g/mol. The highest BCUT2D eigenvalue weighted by Gasteiger charge is 2.35. The number of alkyl carbamates (subject to hydrolysis) is 1. The lowest BCUT2D eigenvalue weighted by molar-refractivity contribution is -0.140.